The van der Waals surface area contributed by atoms with Gasteiger partial charge < -0.3 is 19.6 Å². The van der Waals surface area contributed by atoms with Crippen LogP contribution in [0, 0.1) is 6.92 Å². The van der Waals surface area contributed by atoms with Crippen molar-refractivity contribution in [3.05, 3.63) is 23.7 Å². The van der Waals surface area contributed by atoms with Gasteiger partial charge in [0.25, 0.3) is 0 Å². The van der Waals surface area contributed by atoms with Crippen LogP contribution in [0.1, 0.15) is 51.2 Å². The number of hydrogen-bond donors (Lipinski definition) is 1. The normalized spacial score (nSPS) is 31.1. The minimum Gasteiger partial charge on any atom is -0.464 e. The maximum atomic E-state index is 6.19. The molecular formula is C15H25NO3. The Morgan fingerprint density at radius 2 is 1.89 bits per heavy atom. The highest BCUT2D eigenvalue weighted by Crippen LogP contribution is 2.29. The van der Waals surface area contributed by atoms with Crippen LogP contribution >= 0.6 is 0 Å². The molecule has 1 aliphatic heterocycles. The van der Waals surface area contributed by atoms with Gasteiger partial charge in [0.1, 0.15) is 17.6 Å². The first kappa shape index (κ1) is 14.6. The highest BCUT2D eigenvalue weighted by Gasteiger charge is 2.30. The van der Waals surface area contributed by atoms with E-state index in [-0.39, 0.29) is 30.5 Å². The molecule has 0 aliphatic carbocycles. The number of hydrogen-bond acceptors (Lipinski definition) is 4. The second-order valence-electron chi connectivity index (χ2n) is 5.71. The van der Waals surface area contributed by atoms with Gasteiger partial charge in [0.05, 0.1) is 18.3 Å². The average molecular weight is 267 g/mol. The minimum atomic E-state index is -0.184. The van der Waals surface area contributed by atoms with Crippen LogP contribution in [-0.4, -0.2) is 24.4 Å². The molecule has 2 rings (SSSR count). The molecule has 4 atom stereocenters. The lowest BCUT2D eigenvalue weighted by molar-refractivity contribution is -0.129. The fraction of sp³-hybridized carbons (Fsp3) is 0.733. The smallest absolute Gasteiger partial charge is 0.134 e. The Morgan fingerprint density at radius 1 is 1.26 bits per heavy atom. The molecule has 1 aliphatic rings. The fourth-order valence-electron chi connectivity index (χ4n) is 2.72. The second-order valence-corrected chi connectivity index (χ2v) is 5.71. The summed E-state index contributed by atoms with van der Waals surface area (Å²) in [5, 5.41) is 0. The van der Waals surface area contributed by atoms with Gasteiger partial charge in [-0.05, 0) is 52.7 Å². The second kappa shape index (κ2) is 6.07. The van der Waals surface area contributed by atoms with E-state index in [1.807, 2.05) is 26.0 Å². The lowest BCUT2D eigenvalue weighted by atomic mass is 10.0. The Morgan fingerprint density at radius 3 is 2.37 bits per heavy atom. The number of furan rings is 1. The summed E-state index contributed by atoms with van der Waals surface area (Å²) in [7, 11) is 0. The van der Waals surface area contributed by atoms with Crippen molar-refractivity contribution in [2.24, 2.45) is 5.73 Å². The van der Waals surface area contributed by atoms with Gasteiger partial charge in [0, 0.05) is 6.04 Å². The summed E-state index contributed by atoms with van der Waals surface area (Å²) in [6.45, 7) is 8.06. The van der Waals surface area contributed by atoms with Gasteiger partial charge in [-0.15, -0.1) is 0 Å². The maximum absolute atomic E-state index is 6.19. The molecule has 4 heteroatoms. The summed E-state index contributed by atoms with van der Waals surface area (Å²) in [6.07, 6.45) is 2.29. The van der Waals surface area contributed by atoms with Crippen molar-refractivity contribution >= 4 is 0 Å². The molecule has 0 aromatic carbocycles. The summed E-state index contributed by atoms with van der Waals surface area (Å²) in [4.78, 5) is 0. The number of nitrogens with two attached hydrogens (primary N) is 1. The Hall–Kier alpha value is -0.840. The van der Waals surface area contributed by atoms with Gasteiger partial charge in [-0.2, -0.15) is 0 Å². The molecule has 19 heavy (non-hydrogen) atoms. The molecule has 108 valence electrons. The van der Waals surface area contributed by atoms with Gasteiger partial charge in [0.2, 0.25) is 0 Å². The summed E-state index contributed by atoms with van der Waals surface area (Å²) < 4.78 is 17.6. The molecular weight excluding hydrogens is 242 g/mol. The van der Waals surface area contributed by atoms with Crippen LogP contribution in [0.25, 0.3) is 0 Å². The molecule has 1 aromatic heterocycles. The molecule has 0 bridgehead atoms. The first-order valence-electron chi connectivity index (χ1n) is 7.08. The highest BCUT2D eigenvalue weighted by molar-refractivity contribution is 5.10. The third kappa shape index (κ3) is 3.81. The standard InChI is InChI=1S/C15H25NO3/c1-9-5-6-14(18-9)15(12(4)16)19-13-7-10(2)17-11(3)8-13/h5-6,10-13,15H,7-8,16H2,1-4H3. The van der Waals surface area contributed by atoms with E-state index < -0.39 is 0 Å². The number of ether oxygens (including phenoxy) is 2. The zero-order valence-corrected chi connectivity index (χ0v) is 12.3. The SMILES string of the molecule is Cc1ccc(C(OC2CC(C)OC(C)C2)C(C)N)o1. The van der Waals surface area contributed by atoms with E-state index in [2.05, 4.69) is 13.8 Å². The zero-order valence-electron chi connectivity index (χ0n) is 12.3. The van der Waals surface area contributed by atoms with Gasteiger partial charge >= 0.3 is 0 Å². The molecule has 0 radical (unpaired) electrons. The van der Waals surface area contributed by atoms with Crippen LogP contribution in [0.15, 0.2) is 16.5 Å². The van der Waals surface area contributed by atoms with Crippen LogP contribution in [0.3, 0.4) is 0 Å². The molecule has 0 amide bonds. The Balaban J connectivity index is 2.04. The summed E-state index contributed by atoms with van der Waals surface area (Å²) in [5.41, 5.74) is 6.05. The molecule has 0 saturated carbocycles. The molecule has 4 nitrogen and oxygen atoms in total. The van der Waals surface area contributed by atoms with Crippen LogP contribution in [-0.2, 0) is 9.47 Å². The number of rotatable bonds is 4. The van der Waals surface area contributed by atoms with E-state index in [9.17, 15) is 0 Å². The van der Waals surface area contributed by atoms with Crippen molar-refractivity contribution in [3.63, 3.8) is 0 Å². The highest BCUT2D eigenvalue weighted by atomic mass is 16.5. The fourth-order valence-corrected chi connectivity index (χ4v) is 2.72. The van der Waals surface area contributed by atoms with Crippen molar-refractivity contribution < 1.29 is 13.9 Å². The predicted molar refractivity (Wildman–Crippen MR) is 74.0 cm³/mol. The first-order valence-corrected chi connectivity index (χ1v) is 7.08. The zero-order chi connectivity index (χ0) is 14.0. The molecule has 1 fully saturated rings. The summed E-state index contributed by atoms with van der Waals surface area (Å²) in [5.74, 6) is 1.71. The van der Waals surface area contributed by atoms with Crippen molar-refractivity contribution in [2.75, 3.05) is 0 Å². The monoisotopic (exact) mass is 267 g/mol. The van der Waals surface area contributed by atoms with E-state index >= 15 is 0 Å². The quantitative estimate of drug-likeness (QED) is 0.911. The van der Waals surface area contributed by atoms with Crippen molar-refractivity contribution in [3.8, 4) is 0 Å². The molecule has 1 saturated heterocycles. The third-order valence-electron chi connectivity index (χ3n) is 3.51. The minimum absolute atomic E-state index is 0.0981. The predicted octanol–water partition coefficient (Wildman–Crippen LogP) is 2.95. The van der Waals surface area contributed by atoms with Crippen molar-refractivity contribution in [1.29, 1.82) is 0 Å². The summed E-state index contributed by atoms with van der Waals surface area (Å²) in [6, 6.07) is 3.80. The molecule has 2 N–H and O–H groups in total. The molecule has 2 heterocycles. The van der Waals surface area contributed by atoms with Crippen LogP contribution < -0.4 is 5.73 Å². The van der Waals surface area contributed by atoms with Gasteiger partial charge in [0.15, 0.2) is 0 Å². The van der Waals surface area contributed by atoms with Crippen LogP contribution in [0.5, 0.6) is 0 Å². The van der Waals surface area contributed by atoms with E-state index in [4.69, 9.17) is 19.6 Å². The van der Waals surface area contributed by atoms with Gasteiger partial charge in [-0.1, -0.05) is 0 Å². The lowest BCUT2D eigenvalue weighted by Gasteiger charge is -2.34. The Labute approximate surface area is 115 Å². The maximum Gasteiger partial charge on any atom is 0.134 e. The van der Waals surface area contributed by atoms with E-state index in [1.54, 1.807) is 0 Å². The lowest BCUT2D eigenvalue weighted by Crippen LogP contribution is -2.37. The van der Waals surface area contributed by atoms with Gasteiger partial charge in [-0.3, -0.25) is 0 Å². The summed E-state index contributed by atoms with van der Waals surface area (Å²) >= 11 is 0. The topological polar surface area (TPSA) is 57.6 Å². The Bertz CT molecular complexity index is 392. The molecule has 1 aromatic rings. The van der Waals surface area contributed by atoms with Crippen LogP contribution in [0.2, 0.25) is 0 Å². The Kier molecular flexibility index (Phi) is 4.66. The third-order valence-corrected chi connectivity index (χ3v) is 3.51. The van der Waals surface area contributed by atoms with Crippen molar-refractivity contribution in [2.45, 2.75) is 71.0 Å². The molecule has 4 unspecified atom stereocenters. The van der Waals surface area contributed by atoms with Gasteiger partial charge in [-0.25, -0.2) is 0 Å². The van der Waals surface area contributed by atoms with E-state index in [0.717, 1.165) is 24.4 Å². The average Bonchev–Trinajstić information content (AvgIpc) is 2.70. The van der Waals surface area contributed by atoms with Crippen LogP contribution in [0.4, 0.5) is 0 Å². The largest absolute Gasteiger partial charge is 0.464 e. The molecule has 0 spiro atoms. The number of aryl methyl sites for hydroxylation is 1. The van der Waals surface area contributed by atoms with E-state index in [0.29, 0.717) is 0 Å². The van der Waals surface area contributed by atoms with Crippen molar-refractivity contribution in [1.82, 2.24) is 0 Å². The first-order chi connectivity index (χ1) is 8.95. The van der Waals surface area contributed by atoms with E-state index in [1.165, 1.54) is 0 Å².